The van der Waals surface area contributed by atoms with Crippen molar-refractivity contribution in [1.82, 2.24) is 9.80 Å². The first-order valence-electron chi connectivity index (χ1n) is 6.09. The van der Waals surface area contributed by atoms with Crippen molar-refractivity contribution in [3.05, 3.63) is 36.2 Å². The number of hydrogen-bond donors (Lipinski definition) is 0. The van der Waals surface area contributed by atoms with Crippen LogP contribution in [0.2, 0.25) is 0 Å². The molecule has 2 nitrogen and oxygen atoms in total. The van der Waals surface area contributed by atoms with E-state index in [-0.39, 0.29) is 0 Å². The maximum absolute atomic E-state index is 4.05. The molecule has 1 heterocycles. The molecule has 0 N–H and O–H groups in total. The molecular formula is C14H24N2. The fourth-order valence-corrected chi connectivity index (χ4v) is 1.70. The van der Waals surface area contributed by atoms with Crippen molar-refractivity contribution in [2.45, 2.75) is 33.2 Å². The highest BCUT2D eigenvalue weighted by Gasteiger charge is 2.11. The summed E-state index contributed by atoms with van der Waals surface area (Å²) in [7, 11) is 2.16. The Hall–Kier alpha value is -1.02. The average molecular weight is 220 g/mol. The molecule has 90 valence electrons. The minimum absolute atomic E-state index is 0.483. The smallest absolute Gasteiger partial charge is 0.0335 e. The van der Waals surface area contributed by atoms with Crippen molar-refractivity contribution in [2.75, 3.05) is 20.1 Å². The van der Waals surface area contributed by atoms with Gasteiger partial charge in [0.05, 0.1) is 0 Å². The van der Waals surface area contributed by atoms with Crippen molar-refractivity contribution in [3.63, 3.8) is 0 Å². The second-order valence-corrected chi connectivity index (χ2v) is 4.68. The Labute approximate surface area is 99.9 Å². The van der Waals surface area contributed by atoms with Gasteiger partial charge in [0.15, 0.2) is 0 Å². The third-order valence-corrected chi connectivity index (χ3v) is 3.00. The average Bonchev–Trinajstić information content (AvgIpc) is 2.27. The zero-order valence-corrected chi connectivity index (χ0v) is 11.0. The predicted molar refractivity (Wildman–Crippen MR) is 71.1 cm³/mol. The highest BCUT2D eigenvalue weighted by Crippen LogP contribution is 2.20. The topological polar surface area (TPSA) is 6.48 Å². The molecule has 0 unspecified atom stereocenters. The Bertz CT molecular complexity index is 300. The lowest BCUT2D eigenvalue weighted by molar-refractivity contribution is 0.352. The predicted octanol–water partition coefficient (Wildman–Crippen LogP) is 3.01. The molecule has 2 heteroatoms. The molecule has 0 saturated heterocycles. The molecule has 1 aliphatic heterocycles. The number of hydrogen-bond acceptors (Lipinski definition) is 2. The molecular weight excluding hydrogens is 196 g/mol. The van der Waals surface area contributed by atoms with Gasteiger partial charge in [-0.1, -0.05) is 19.6 Å². The molecule has 0 aromatic heterocycles. The molecule has 0 radical (unpaired) electrons. The van der Waals surface area contributed by atoms with Crippen LogP contribution in [0.1, 0.15) is 27.2 Å². The van der Waals surface area contributed by atoms with Crippen molar-refractivity contribution >= 4 is 0 Å². The lowest BCUT2D eigenvalue weighted by Crippen LogP contribution is -2.26. The molecule has 0 bridgehead atoms. The standard InChI is InChI=1S/C14H24N2/c1-6-15(5)10-9-14-8-7-13(4)16(11-14)12(2)3/h7-8,11-12H,4,6,9-10H2,1-3,5H3. The first kappa shape index (κ1) is 13.0. The third kappa shape index (κ3) is 3.53. The van der Waals surface area contributed by atoms with Crippen molar-refractivity contribution in [2.24, 2.45) is 0 Å². The van der Waals surface area contributed by atoms with Crippen LogP contribution in [0.4, 0.5) is 0 Å². The van der Waals surface area contributed by atoms with Gasteiger partial charge in [-0.3, -0.25) is 0 Å². The van der Waals surface area contributed by atoms with E-state index in [0.29, 0.717) is 6.04 Å². The van der Waals surface area contributed by atoms with E-state index in [9.17, 15) is 0 Å². The van der Waals surface area contributed by atoms with Gasteiger partial charge < -0.3 is 9.80 Å². The Kier molecular flexibility index (Phi) is 4.81. The van der Waals surface area contributed by atoms with Gasteiger partial charge in [0.1, 0.15) is 0 Å². The molecule has 0 saturated carbocycles. The van der Waals surface area contributed by atoms with Crippen LogP contribution in [0, 0.1) is 0 Å². The van der Waals surface area contributed by atoms with Crippen molar-refractivity contribution < 1.29 is 0 Å². The summed E-state index contributed by atoms with van der Waals surface area (Å²) in [6.07, 6.45) is 7.64. The van der Waals surface area contributed by atoms with Crippen LogP contribution in [-0.2, 0) is 0 Å². The summed E-state index contributed by atoms with van der Waals surface area (Å²) in [5.74, 6) is 0. The van der Waals surface area contributed by atoms with Gasteiger partial charge in [0, 0.05) is 24.5 Å². The van der Waals surface area contributed by atoms with Crippen LogP contribution in [-0.4, -0.2) is 36.0 Å². The zero-order valence-electron chi connectivity index (χ0n) is 11.0. The molecule has 1 aliphatic rings. The first-order chi connectivity index (χ1) is 7.54. The molecule has 0 aliphatic carbocycles. The molecule has 1 rings (SSSR count). The van der Waals surface area contributed by atoms with E-state index in [0.717, 1.165) is 25.2 Å². The number of rotatable bonds is 5. The Balaban J connectivity index is 2.57. The molecule has 0 spiro atoms. The maximum atomic E-state index is 4.05. The van der Waals surface area contributed by atoms with Gasteiger partial charge in [-0.2, -0.15) is 0 Å². The van der Waals surface area contributed by atoms with Crippen LogP contribution >= 0.6 is 0 Å². The molecule has 0 aromatic rings. The second-order valence-electron chi connectivity index (χ2n) is 4.68. The highest BCUT2D eigenvalue weighted by atomic mass is 15.1. The van der Waals surface area contributed by atoms with Crippen molar-refractivity contribution in [3.8, 4) is 0 Å². The van der Waals surface area contributed by atoms with E-state index in [1.54, 1.807) is 0 Å². The normalized spacial score (nSPS) is 16.2. The molecule has 0 aromatic carbocycles. The van der Waals surface area contributed by atoms with Gasteiger partial charge in [-0.15, -0.1) is 0 Å². The number of allylic oxidation sites excluding steroid dienone is 2. The van der Waals surface area contributed by atoms with Crippen LogP contribution in [0.5, 0.6) is 0 Å². The highest BCUT2D eigenvalue weighted by molar-refractivity contribution is 5.32. The van der Waals surface area contributed by atoms with Crippen LogP contribution in [0.3, 0.4) is 0 Å². The summed E-state index contributed by atoms with van der Waals surface area (Å²) in [6.45, 7) is 12.8. The quantitative estimate of drug-likeness (QED) is 0.703. The van der Waals surface area contributed by atoms with E-state index in [1.165, 1.54) is 5.57 Å². The number of nitrogens with zero attached hydrogens (tertiary/aromatic N) is 2. The maximum Gasteiger partial charge on any atom is 0.0335 e. The summed E-state index contributed by atoms with van der Waals surface area (Å²) >= 11 is 0. The van der Waals surface area contributed by atoms with Gasteiger partial charge in [0.25, 0.3) is 0 Å². The van der Waals surface area contributed by atoms with Gasteiger partial charge in [-0.05, 0) is 45.5 Å². The van der Waals surface area contributed by atoms with Crippen molar-refractivity contribution in [1.29, 1.82) is 0 Å². The van der Waals surface area contributed by atoms with E-state index < -0.39 is 0 Å². The minimum atomic E-state index is 0.483. The Morgan fingerprint density at radius 2 is 2.06 bits per heavy atom. The Morgan fingerprint density at radius 1 is 1.38 bits per heavy atom. The van der Waals surface area contributed by atoms with E-state index >= 15 is 0 Å². The minimum Gasteiger partial charge on any atom is -0.346 e. The molecule has 0 fully saturated rings. The largest absolute Gasteiger partial charge is 0.346 e. The van der Waals surface area contributed by atoms with E-state index in [2.05, 4.69) is 62.5 Å². The van der Waals surface area contributed by atoms with Gasteiger partial charge >= 0.3 is 0 Å². The summed E-state index contributed by atoms with van der Waals surface area (Å²) in [4.78, 5) is 4.57. The molecule has 0 amide bonds. The lowest BCUT2D eigenvalue weighted by atomic mass is 10.1. The summed E-state index contributed by atoms with van der Waals surface area (Å²) in [5, 5.41) is 0. The zero-order chi connectivity index (χ0) is 12.1. The first-order valence-corrected chi connectivity index (χ1v) is 6.09. The summed E-state index contributed by atoms with van der Waals surface area (Å²) < 4.78 is 0. The Morgan fingerprint density at radius 3 is 2.62 bits per heavy atom. The summed E-state index contributed by atoms with van der Waals surface area (Å²) in [6, 6.07) is 0.483. The van der Waals surface area contributed by atoms with Gasteiger partial charge in [0.2, 0.25) is 0 Å². The lowest BCUT2D eigenvalue weighted by Gasteiger charge is -2.29. The van der Waals surface area contributed by atoms with Gasteiger partial charge in [-0.25, -0.2) is 0 Å². The molecule has 0 atom stereocenters. The van der Waals surface area contributed by atoms with Crippen LogP contribution < -0.4 is 0 Å². The monoisotopic (exact) mass is 220 g/mol. The van der Waals surface area contributed by atoms with E-state index in [1.807, 2.05) is 0 Å². The van der Waals surface area contributed by atoms with E-state index in [4.69, 9.17) is 0 Å². The second kappa shape index (κ2) is 5.90. The summed E-state index contributed by atoms with van der Waals surface area (Å²) in [5.41, 5.74) is 2.48. The SMILES string of the molecule is C=C1C=CC(CCN(C)CC)=CN1C(C)C. The fourth-order valence-electron chi connectivity index (χ4n) is 1.70. The third-order valence-electron chi connectivity index (χ3n) is 3.00. The van der Waals surface area contributed by atoms with Crippen LogP contribution in [0.15, 0.2) is 36.2 Å². The van der Waals surface area contributed by atoms with Crippen LogP contribution in [0.25, 0.3) is 0 Å². The fraction of sp³-hybridized carbons (Fsp3) is 0.571. The molecule has 16 heavy (non-hydrogen) atoms.